The Morgan fingerprint density at radius 2 is 1.91 bits per heavy atom. The summed E-state index contributed by atoms with van der Waals surface area (Å²) in [6.07, 6.45) is 1.75. The van der Waals surface area contributed by atoms with E-state index in [1.54, 1.807) is 12.1 Å². The molecule has 10 heteroatoms. The lowest BCUT2D eigenvalue weighted by Gasteiger charge is -2.30. The van der Waals surface area contributed by atoms with Crippen molar-refractivity contribution in [3.63, 3.8) is 0 Å². The van der Waals surface area contributed by atoms with Gasteiger partial charge in [-0.2, -0.15) is 0 Å². The minimum atomic E-state index is -1.40. The first-order chi connectivity index (χ1) is 16.8. The zero-order valence-corrected chi connectivity index (χ0v) is 20.2. The first-order valence-electron chi connectivity index (χ1n) is 11.7. The van der Waals surface area contributed by atoms with E-state index in [1.807, 2.05) is 12.1 Å². The normalized spacial score (nSPS) is 31.3. The lowest BCUT2D eigenvalue weighted by atomic mass is 9.76. The molecule has 4 N–H and O–H groups in total. The van der Waals surface area contributed by atoms with Gasteiger partial charge in [0.05, 0.1) is 24.5 Å². The first-order valence-corrected chi connectivity index (χ1v) is 12.5. The molecule has 35 heavy (non-hydrogen) atoms. The van der Waals surface area contributed by atoms with Crippen LogP contribution in [-0.2, 0) is 31.1 Å². The van der Waals surface area contributed by atoms with Crippen LogP contribution in [0.3, 0.4) is 0 Å². The van der Waals surface area contributed by atoms with Crippen LogP contribution in [0.4, 0.5) is 5.69 Å². The molecule has 5 atom stereocenters. The number of phenolic OH excluding ortho intramolecular Hbond substituents is 2. The van der Waals surface area contributed by atoms with Gasteiger partial charge in [-0.3, -0.25) is 24.6 Å². The molecule has 0 unspecified atom stereocenters. The van der Waals surface area contributed by atoms with E-state index in [9.17, 15) is 24.6 Å². The van der Waals surface area contributed by atoms with Crippen molar-refractivity contribution in [1.29, 1.82) is 0 Å². The van der Waals surface area contributed by atoms with Gasteiger partial charge >= 0.3 is 0 Å². The number of nitrogens with zero attached hydrogens (tertiary/aromatic N) is 1. The molecule has 0 aliphatic carbocycles. The summed E-state index contributed by atoms with van der Waals surface area (Å²) < 4.78 is 6.45. The lowest BCUT2D eigenvalue weighted by Crippen LogP contribution is -2.54. The summed E-state index contributed by atoms with van der Waals surface area (Å²) in [5.41, 5.74) is 0.498. The number of hydrogen-bond acceptors (Lipinski definition) is 7. The van der Waals surface area contributed by atoms with Crippen molar-refractivity contribution in [2.45, 2.75) is 36.9 Å². The van der Waals surface area contributed by atoms with Crippen LogP contribution in [0.5, 0.6) is 11.5 Å². The number of hydrogen-bond donors (Lipinski definition) is 4. The van der Waals surface area contributed by atoms with Gasteiger partial charge in [0.2, 0.25) is 17.7 Å². The van der Waals surface area contributed by atoms with Crippen molar-refractivity contribution in [3.8, 4) is 11.5 Å². The predicted molar refractivity (Wildman–Crippen MR) is 128 cm³/mol. The minimum Gasteiger partial charge on any atom is -0.504 e. The number of ether oxygens (including phenoxy) is 1. The topological polar surface area (TPSA) is 128 Å². The Hall–Kier alpha value is -2.95. The van der Waals surface area contributed by atoms with Crippen LogP contribution in [0.1, 0.15) is 24.0 Å². The predicted octanol–water partition coefficient (Wildman–Crippen LogP) is 2.00. The molecular formula is C25H24BrN3O6. The van der Waals surface area contributed by atoms with Crippen molar-refractivity contribution < 1.29 is 29.3 Å². The molecule has 3 fully saturated rings. The van der Waals surface area contributed by atoms with Crippen molar-refractivity contribution in [3.05, 3.63) is 52.0 Å². The average molecular weight is 542 g/mol. The third-order valence-electron chi connectivity index (χ3n) is 7.67. The first kappa shape index (κ1) is 22.5. The third kappa shape index (κ3) is 3.30. The van der Waals surface area contributed by atoms with E-state index >= 15 is 0 Å². The molecule has 4 heterocycles. The van der Waals surface area contributed by atoms with Crippen LogP contribution < -0.4 is 10.6 Å². The number of rotatable bonds is 4. The van der Waals surface area contributed by atoms with E-state index in [1.165, 1.54) is 17.0 Å². The van der Waals surface area contributed by atoms with Gasteiger partial charge in [-0.15, -0.1) is 0 Å². The standard InChI is InChI=1S/C25H24BrN3O6/c26-13-4-5-16-15(10-13)25(24(34)27-16)21-20(17(28-25)8-12-3-6-18(30)19(31)9-12)22(32)29(23(21)33)11-14-2-1-7-35-14/h3-6,9-10,14,17,20-21,28,30-31H,1-2,7-8,11H2,(H,27,34)/t14-,17+,20-,21-,25+/m1/s1. The summed E-state index contributed by atoms with van der Waals surface area (Å²) in [7, 11) is 0. The Morgan fingerprint density at radius 1 is 1.09 bits per heavy atom. The second-order valence-electron chi connectivity index (χ2n) is 9.66. The maximum absolute atomic E-state index is 13.8. The number of carbonyl (C=O) groups is 3. The monoisotopic (exact) mass is 541 g/mol. The molecule has 1 spiro atoms. The SMILES string of the molecule is O=C1[C@@H]2[C@H](Cc3ccc(O)c(O)c3)N[C@]3(C(=O)Nc4ccc(Br)cc43)[C@H]2C(=O)N1C[C@H]1CCCO1. The number of carbonyl (C=O) groups excluding carboxylic acids is 3. The Bertz CT molecular complexity index is 1260. The fourth-order valence-electron chi connectivity index (χ4n) is 6.13. The van der Waals surface area contributed by atoms with Crippen LogP contribution in [0.2, 0.25) is 0 Å². The number of imide groups is 1. The number of likely N-dealkylation sites (tertiary alicyclic amines) is 1. The number of amides is 3. The van der Waals surface area contributed by atoms with Gasteiger partial charge in [-0.25, -0.2) is 0 Å². The molecule has 2 aromatic rings. The molecule has 0 aromatic heterocycles. The van der Waals surface area contributed by atoms with Crippen LogP contribution in [0.15, 0.2) is 40.9 Å². The fourth-order valence-corrected chi connectivity index (χ4v) is 6.49. The van der Waals surface area contributed by atoms with Gasteiger partial charge in [-0.05, 0) is 55.2 Å². The van der Waals surface area contributed by atoms with Crippen molar-refractivity contribution in [2.75, 3.05) is 18.5 Å². The number of halogens is 1. The zero-order chi connectivity index (χ0) is 24.5. The molecule has 3 amide bonds. The van der Waals surface area contributed by atoms with Crippen LogP contribution in [0.25, 0.3) is 0 Å². The van der Waals surface area contributed by atoms with Gasteiger partial charge in [-0.1, -0.05) is 22.0 Å². The van der Waals surface area contributed by atoms with Gasteiger partial charge in [0.15, 0.2) is 11.5 Å². The number of phenols is 2. The minimum absolute atomic E-state index is 0.181. The second-order valence-corrected chi connectivity index (χ2v) is 10.6. The summed E-state index contributed by atoms with van der Waals surface area (Å²) in [6.45, 7) is 0.788. The summed E-state index contributed by atoms with van der Waals surface area (Å²) >= 11 is 3.47. The van der Waals surface area contributed by atoms with E-state index in [4.69, 9.17) is 4.74 Å². The highest BCUT2D eigenvalue weighted by Gasteiger charge is 2.70. The van der Waals surface area contributed by atoms with Gasteiger partial charge in [0.25, 0.3) is 0 Å². The molecule has 9 nitrogen and oxygen atoms in total. The summed E-state index contributed by atoms with van der Waals surface area (Å²) in [4.78, 5) is 42.4. The van der Waals surface area contributed by atoms with Crippen molar-refractivity contribution >= 4 is 39.3 Å². The van der Waals surface area contributed by atoms with E-state index in [2.05, 4.69) is 26.6 Å². The molecule has 6 rings (SSSR count). The Labute approximate surface area is 209 Å². The molecule has 182 valence electrons. The smallest absolute Gasteiger partial charge is 0.250 e. The third-order valence-corrected chi connectivity index (χ3v) is 8.17. The maximum atomic E-state index is 13.8. The van der Waals surface area contributed by atoms with Crippen LogP contribution in [-0.4, -0.2) is 58.1 Å². The molecule has 3 saturated heterocycles. The summed E-state index contributed by atoms with van der Waals surface area (Å²) in [6, 6.07) is 9.32. The van der Waals surface area contributed by atoms with Crippen LogP contribution in [0, 0.1) is 11.8 Å². The van der Waals surface area contributed by atoms with E-state index in [0.717, 1.165) is 17.3 Å². The van der Waals surface area contributed by atoms with E-state index in [-0.39, 0.29) is 48.3 Å². The second kappa shape index (κ2) is 8.04. The van der Waals surface area contributed by atoms with Gasteiger partial charge in [0, 0.05) is 28.4 Å². The Morgan fingerprint density at radius 3 is 2.66 bits per heavy atom. The Balaban J connectivity index is 1.43. The molecular weight excluding hydrogens is 518 g/mol. The maximum Gasteiger partial charge on any atom is 0.250 e. The molecule has 0 radical (unpaired) electrons. The highest BCUT2D eigenvalue weighted by atomic mass is 79.9. The molecule has 2 aromatic carbocycles. The number of anilines is 1. The van der Waals surface area contributed by atoms with Gasteiger partial charge in [0.1, 0.15) is 5.54 Å². The molecule has 4 aliphatic rings. The number of nitrogens with one attached hydrogen (secondary N) is 2. The Kier molecular flexibility index (Phi) is 5.17. The summed E-state index contributed by atoms with van der Waals surface area (Å²) in [5, 5.41) is 26.0. The van der Waals surface area contributed by atoms with Crippen LogP contribution >= 0.6 is 15.9 Å². The summed E-state index contributed by atoms with van der Waals surface area (Å²) in [5.74, 6) is -3.25. The molecule has 0 bridgehead atoms. The number of fused-ring (bicyclic) bond motifs is 4. The highest BCUT2D eigenvalue weighted by Crippen LogP contribution is 2.54. The average Bonchev–Trinajstić information content (AvgIpc) is 3.56. The highest BCUT2D eigenvalue weighted by molar-refractivity contribution is 9.10. The fraction of sp³-hybridized carbons (Fsp3) is 0.400. The van der Waals surface area contributed by atoms with Crippen molar-refractivity contribution in [2.24, 2.45) is 11.8 Å². The molecule has 0 saturated carbocycles. The quantitative estimate of drug-likeness (QED) is 0.344. The largest absolute Gasteiger partial charge is 0.504 e. The van der Waals surface area contributed by atoms with E-state index in [0.29, 0.717) is 23.4 Å². The number of benzene rings is 2. The van der Waals surface area contributed by atoms with E-state index < -0.39 is 23.4 Å². The van der Waals surface area contributed by atoms with Crippen molar-refractivity contribution in [1.82, 2.24) is 10.2 Å². The number of aromatic hydroxyl groups is 2. The lowest BCUT2D eigenvalue weighted by molar-refractivity contribution is -0.144. The zero-order valence-electron chi connectivity index (χ0n) is 18.7. The van der Waals surface area contributed by atoms with Gasteiger partial charge < -0.3 is 20.3 Å². The molecule has 4 aliphatic heterocycles.